The number of amides is 2. The number of alkyl halides is 3. The highest BCUT2D eigenvalue weighted by atomic mass is 19.4. The highest BCUT2D eigenvalue weighted by Gasteiger charge is 2.38. The number of aliphatic carboxylic acids is 1. The number of urea groups is 1. The van der Waals surface area contributed by atoms with E-state index in [1.165, 1.54) is 51.4 Å². The second kappa shape index (κ2) is 21.0. The number of aromatic carboxylic acids is 1. The second-order valence-electron chi connectivity index (χ2n) is 13.3. The van der Waals surface area contributed by atoms with Crippen LogP contribution >= 0.6 is 0 Å². The van der Waals surface area contributed by atoms with Crippen LogP contribution in [-0.2, 0) is 11.2 Å². The van der Waals surface area contributed by atoms with Gasteiger partial charge in [-0.05, 0) is 72.9 Å². The maximum absolute atomic E-state index is 13.1. The number of aryl methyl sites for hydroxylation is 2. The minimum absolute atomic E-state index is 0.107. The summed E-state index contributed by atoms with van der Waals surface area (Å²) in [4.78, 5) is 40.5. The average molecular weight is 739 g/mol. The van der Waals surface area contributed by atoms with E-state index >= 15 is 0 Å². The Kier molecular flexibility index (Phi) is 16.8. The van der Waals surface area contributed by atoms with Crippen molar-refractivity contribution in [2.75, 3.05) is 18.5 Å². The number of anilines is 1. The first-order valence-electron chi connectivity index (χ1n) is 18.6. The van der Waals surface area contributed by atoms with Crippen LogP contribution in [0.3, 0.4) is 0 Å². The predicted octanol–water partition coefficient (Wildman–Crippen LogP) is 10.7. The van der Waals surface area contributed by atoms with Gasteiger partial charge < -0.3 is 15.5 Å². The third kappa shape index (κ3) is 12.6. The molecule has 12 heteroatoms. The molecule has 1 aromatic heterocycles. The number of hydrogen-bond acceptors (Lipinski definition) is 4. The molecule has 53 heavy (non-hydrogen) atoms. The molecular formula is C41H53F3N4O5. The van der Waals surface area contributed by atoms with Gasteiger partial charge in [-0.1, -0.05) is 102 Å². The number of unbranched alkanes of at least 4 members (excludes halogenated alkanes) is 10. The molecule has 2 amide bonds. The molecule has 0 fully saturated rings. The Bertz CT molecular complexity index is 1800. The van der Waals surface area contributed by atoms with Crippen molar-refractivity contribution in [1.82, 2.24) is 14.9 Å². The van der Waals surface area contributed by atoms with Crippen LogP contribution in [0.1, 0.15) is 113 Å². The van der Waals surface area contributed by atoms with E-state index < -0.39 is 18.1 Å². The van der Waals surface area contributed by atoms with Crippen molar-refractivity contribution in [3.8, 4) is 16.8 Å². The van der Waals surface area contributed by atoms with Gasteiger partial charge in [0.25, 0.3) is 0 Å². The minimum Gasteiger partial charge on any atom is -0.478 e. The smallest absolute Gasteiger partial charge is 0.478 e. The highest BCUT2D eigenvalue weighted by Crippen LogP contribution is 2.32. The van der Waals surface area contributed by atoms with Gasteiger partial charge >= 0.3 is 24.1 Å². The summed E-state index contributed by atoms with van der Waals surface area (Å²) in [5.41, 5.74) is 6.45. The lowest BCUT2D eigenvalue weighted by Gasteiger charge is -2.19. The van der Waals surface area contributed by atoms with E-state index in [1.807, 2.05) is 56.4 Å². The van der Waals surface area contributed by atoms with Crippen LogP contribution in [0.25, 0.3) is 27.8 Å². The van der Waals surface area contributed by atoms with Crippen LogP contribution in [0.4, 0.5) is 23.7 Å². The molecule has 0 bridgehead atoms. The molecule has 4 aromatic rings. The Labute approximate surface area is 310 Å². The Morgan fingerprint density at radius 2 is 1.40 bits per heavy atom. The summed E-state index contributed by atoms with van der Waals surface area (Å²) in [7, 11) is 1.81. The zero-order valence-corrected chi connectivity index (χ0v) is 31.3. The molecule has 9 nitrogen and oxygen atoms in total. The number of fused-ring (bicyclic) bond motifs is 1. The molecule has 288 valence electrons. The van der Waals surface area contributed by atoms with E-state index in [0.717, 1.165) is 71.5 Å². The van der Waals surface area contributed by atoms with Crippen LogP contribution in [0.2, 0.25) is 0 Å². The third-order valence-corrected chi connectivity index (χ3v) is 9.12. The second-order valence-corrected chi connectivity index (χ2v) is 13.3. The first-order valence-corrected chi connectivity index (χ1v) is 18.6. The van der Waals surface area contributed by atoms with E-state index in [0.29, 0.717) is 12.1 Å². The van der Waals surface area contributed by atoms with Crippen LogP contribution < -0.4 is 10.2 Å². The number of carboxylic acid groups (broad SMARTS) is 2. The molecule has 0 saturated heterocycles. The van der Waals surface area contributed by atoms with Crippen LogP contribution in [-0.4, -0.2) is 57.5 Å². The standard InChI is InChI=1S/C39H52N4O3.C2HF3O2/c1-5-7-9-10-11-12-13-14-15-18-26-40-39(46)42(4)30-23-25-35-36(28-30)43(37(41-35)21-8-6-2)31-22-24-32(29(3)27-31)33-19-16-17-20-34(33)38(44)45;3-2(4,5)1(6)7/h16-17,19-20,22-25,27-28H,5-15,18,21,26H2,1-4H3,(H,40,46)(H,44,45);(H,6,7). The van der Waals surface area contributed by atoms with E-state index in [4.69, 9.17) is 14.9 Å². The van der Waals surface area contributed by atoms with Gasteiger partial charge in [0.15, 0.2) is 0 Å². The predicted molar refractivity (Wildman–Crippen MR) is 204 cm³/mol. The molecule has 3 N–H and O–H groups in total. The Hall–Kier alpha value is -4.87. The van der Waals surface area contributed by atoms with Crippen molar-refractivity contribution in [3.05, 3.63) is 77.6 Å². The van der Waals surface area contributed by atoms with Crippen LogP contribution in [0.15, 0.2) is 60.7 Å². The fourth-order valence-corrected chi connectivity index (χ4v) is 6.15. The maximum Gasteiger partial charge on any atom is 0.490 e. The number of nitrogens with one attached hydrogen (secondary N) is 1. The number of nitrogens with zero attached hydrogens (tertiary/aromatic N) is 3. The zero-order valence-electron chi connectivity index (χ0n) is 31.3. The monoisotopic (exact) mass is 738 g/mol. The van der Waals surface area contributed by atoms with Gasteiger partial charge in [0.05, 0.1) is 16.6 Å². The van der Waals surface area contributed by atoms with E-state index in [1.54, 1.807) is 17.0 Å². The van der Waals surface area contributed by atoms with E-state index in [-0.39, 0.29) is 11.6 Å². The minimum atomic E-state index is -5.08. The Balaban J connectivity index is 0.000000980. The highest BCUT2D eigenvalue weighted by molar-refractivity contribution is 5.97. The molecule has 0 aliphatic carbocycles. The molecule has 3 aromatic carbocycles. The van der Waals surface area contributed by atoms with Crippen molar-refractivity contribution in [3.63, 3.8) is 0 Å². The molecule has 0 unspecified atom stereocenters. The maximum atomic E-state index is 13.1. The van der Waals surface area contributed by atoms with Gasteiger partial charge in [-0.3, -0.25) is 9.47 Å². The quantitative estimate of drug-likeness (QED) is 0.0873. The zero-order chi connectivity index (χ0) is 39.0. The molecule has 0 spiro atoms. The average Bonchev–Trinajstić information content (AvgIpc) is 3.49. The van der Waals surface area contributed by atoms with Gasteiger partial charge in [-0.2, -0.15) is 13.2 Å². The molecule has 0 aliphatic heterocycles. The van der Waals surface area contributed by atoms with Crippen molar-refractivity contribution in [2.45, 2.75) is 110 Å². The number of carbonyl (C=O) groups is 3. The fraction of sp³-hybridized carbons (Fsp3) is 0.463. The molecule has 0 aliphatic rings. The summed E-state index contributed by atoms with van der Waals surface area (Å²) in [6, 6.07) is 19.1. The van der Waals surface area contributed by atoms with Crippen molar-refractivity contribution >= 4 is 34.7 Å². The summed E-state index contributed by atoms with van der Waals surface area (Å²) in [5.74, 6) is -2.72. The largest absolute Gasteiger partial charge is 0.490 e. The summed E-state index contributed by atoms with van der Waals surface area (Å²) in [5, 5.41) is 20.0. The van der Waals surface area contributed by atoms with Crippen molar-refractivity contribution in [1.29, 1.82) is 0 Å². The summed E-state index contributed by atoms with van der Waals surface area (Å²) in [6.07, 6.45) is 10.5. The molecule has 0 atom stereocenters. The lowest BCUT2D eigenvalue weighted by atomic mass is 9.95. The van der Waals surface area contributed by atoms with Crippen LogP contribution in [0.5, 0.6) is 0 Å². The molecule has 4 rings (SSSR count). The van der Waals surface area contributed by atoms with Crippen molar-refractivity contribution < 1.29 is 37.8 Å². The van der Waals surface area contributed by atoms with Gasteiger partial charge in [0.1, 0.15) is 5.82 Å². The SMILES string of the molecule is CCCCCCCCCCCCNC(=O)N(C)c1ccc2nc(CCCC)n(-c3ccc(-c4ccccc4C(=O)O)c(C)c3)c2c1.O=C(O)C(F)(F)F. The molecule has 0 saturated carbocycles. The molecular weight excluding hydrogens is 685 g/mol. The Morgan fingerprint density at radius 1 is 0.792 bits per heavy atom. The first-order chi connectivity index (χ1) is 25.3. The lowest BCUT2D eigenvalue weighted by Crippen LogP contribution is -2.37. The van der Waals surface area contributed by atoms with Gasteiger partial charge in [-0.25, -0.2) is 19.4 Å². The lowest BCUT2D eigenvalue weighted by molar-refractivity contribution is -0.192. The first kappa shape index (κ1) is 42.5. The number of aromatic nitrogens is 2. The van der Waals surface area contributed by atoms with Gasteiger partial charge in [0.2, 0.25) is 0 Å². The number of hydrogen-bond donors (Lipinski definition) is 3. The summed E-state index contributed by atoms with van der Waals surface area (Å²) in [6.45, 7) is 7.12. The number of rotatable bonds is 18. The summed E-state index contributed by atoms with van der Waals surface area (Å²) < 4.78 is 33.9. The van der Waals surface area contributed by atoms with Gasteiger partial charge in [0, 0.05) is 31.4 Å². The normalized spacial score (nSPS) is 11.2. The number of carbonyl (C=O) groups excluding carboxylic acids is 1. The third-order valence-electron chi connectivity index (χ3n) is 9.12. The van der Waals surface area contributed by atoms with Gasteiger partial charge in [-0.15, -0.1) is 0 Å². The van der Waals surface area contributed by atoms with E-state index in [9.17, 15) is 27.9 Å². The van der Waals surface area contributed by atoms with Crippen molar-refractivity contribution in [2.24, 2.45) is 0 Å². The van der Waals surface area contributed by atoms with E-state index in [2.05, 4.69) is 29.8 Å². The fourth-order valence-electron chi connectivity index (χ4n) is 6.15. The summed E-state index contributed by atoms with van der Waals surface area (Å²) >= 11 is 0. The Morgan fingerprint density at radius 3 is 1.98 bits per heavy atom. The number of carboxylic acids is 2. The number of imidazole rings is 1. The van der Waals surface area contributed by atoms with Crippen LogP contribution in [0, 0.1) is 6.92 Å². The topological polar surface area (TPSA) is 125 Å². The number of benzene rings is 3. The number of halogens is 3. The molecule has 1 heterocycles. The molecule has 0 radical (unpaired) electrons.